The van der Waals surface area contributed by atoms with Gasteiger partial charge in [-0.2, -0.15) is 4.98 Å². The van der Waals surface area contributed by atoms with E-state index >= 15 is 0 Å². The fourth-order valence-electron chi connectivity index (χ4n) is 3.59. The number of phenolic OH excluding ortho intramolecular Hbond substituents is 1. The summed E-state index contributed by atoms with van der Waals surface area (Å²) < 4.78 is 24.1. The van der Waals surface area contributed by atoms with Crippen molar-refractivity contribution >= 4 is 29.5 Å². The Kier molecular flexibility index (Phi) is 7.34. The number of morpholine rings is 1. The van der Waals surface area contributed by atoms with Crippen molar-refractivity contribution in [1.82, 2.24) is 9.97 Å². The molecule has 176 valence electrons. The first-order chi connectivity index (χ1) is 16.5. The first-order valence-corrected chi connectivity index (χ1v) is 10.9. The summed E-state index contributed by atoms with van der Waals surface area (Å²) in [4.78, 5) is 22.9. The fraction of sp³-hybridized carbons (Fsp3) is 0.240. The van der Waals surface area contributed by atoms with E-state index in [1.165, 1.54) is 18.2 Å². The number of hydrogen-bond donors (Lipinski definition) is 2. The Hall–Kier alpha value is -3.98. The first-order valence-electron chi connectivity index (χ1n) is 10.9. The molecule has 1 aromatic heterocycles. The molecule has 0 bridgehead atoms. The van der Waals surface area contributed by atoms with Crippen LogP contribution in [0, 0.1) is 5.82 Å². The Labute approximate surface area is 196 Å². The molecule has 1 aliphatic heterocycles. The summed E-state index contributed by atoms with van der Waals surface area (Å²) in [6.45, 7) is 4.55. The van der Waals surface area contributed by atoms with Crippen LogP contribution in [0.1, 0.15) is 12.5 Å². The maximum absolute atomic E-state index is 13.7. The predicted octanol–water partition coefficient (Wildman–Crippen LogP) is 4.14. The van der Waals surface area contributed by atoms with Crippen LogP contribution in [0.5, 0.6) is 5.75 Å². The maximum Gasteiger partial charge on any atom is 0.330 e. The standard InChI is InChI=1S/C25H25FN4O4/c1-2-34-23(32)7-6-17-4-3-5-18(12-17)22-16-27-25(28-20-13-19(26)14-21(31)15-20)29-24(22)30-8-10-33-11-9-30/h3-7,12-16,31H,2,8-11H2,1H3,(H,27,28,29). The highest BCUT2D eigenvalue weighted by Crippen LogP contribution is 2.32. The van der Waals surface area contributed by atoms with Crippen LogP contribution in [0.15, 0.2) is 54.7 Å². The van der Waals surface area contributed by atoms with Gasteiger partial charge in [-0.15, -0.1) is 0 Å². The average molecular weight is 464 g/mol. The van der Waals surface area contributed by atoms with E-state index in [2.05, 4.69) is 15.2 Å². The number of rotatable bonds is 7. The first kappa shape index (κ1) is 23.2. The largest absolute Gasteiger partial charge is 0.508 e. The number of benzene rings is 2. The predicted molar refractivity (Wildman–Crippen MR) is 128 cm³/mol. The van der Waals surface area contributed by atoms with E-state index in [-0.39, 0.29) is 11.7 Å². The molecule has 9 heteroatoms. The zero-order valence-corrected chi connectivity index (χ0v) is 18.7. The van der Waals surface area contributed by atoms with Gasteiger partial charge in [-0.3, -0.25) is 0 Å². The summed E-state index contributed by atoms with van der Waals surface area (Å²) in [6, 6.07) is 11.3. The van der Waals surface area contributed by atoms with Gasteiger partial charge in [0.1, 0.15) is 17.4 Å². The highest BCUT2D eigenvalue weighted by Gasteiger charge is 2.19. The SMILES string of the molecule is CCOC(=O)C=Cc1cccc(-c2cnc(Nc3cc(O)cc(F)c3)nc2N2CCOCC2)c1. The van der Waals surface area contributed by atoms with Crippen molar-refractivity contribution in [2.75, 3.05) is 43.1 Å². The minimum atomic E-state index is -0.569. The number of phenols is 1. The Bertz CT molecular complexity index is 1180. The van der Waals surface area contributed by atoms with Crippen LogP contribution in [0.4, 0.5) is 21.8 Å². The molecule has 2 aromatic carbocycles. The van der Waals surface area contributed by atoms with E-state index in [0.717, 1.165) is 22.8 Å². The molecule has 1 aliphatic rings. The molecule has 0 aliphatic carbocycles. The number of nitrogens with zero attached hydrogens (tertiary/aromatic N) is 3. The molecule has 0 spiro atoms. The number of hydrogen-bond acceptors (Lipinski definition) is 8. The Morgan fingerprint density at radius 1 is 1.26 bits per heavy atom. The zero-order chi connectivity index (χ0) is 23.9. The molecule has 3 aromatic rings. The molecule has 4 rings (SSSR count). The summed E-state index contributed by atoms with van der Waals surface area (Å²) in [6.07, 6.45) is 4.79. The molecule has 2 N–H and O–H groups in total. The summed E-state index contributed by atoms with van der Waals surface area (Å²) >= 11 is 0. The summed E-state index contributed by atoms with van der Waals surface area (Å²) in [7, 11) is 0. The second-order valence-electron chi connectivity index (χ2n) is 7.56. The smallest absolute Gasteiger partial charge is 0.330 e. The maximum atomic E-state index is 13.7. The second kappa shape index (κ2) is 10.8. The van der Waals surface area contributed by atoms with E-state index in [0.29, 0.717) is 44.4 Å². The lowest BCUT2D eigenvalue weighted by molar-refractivity contribution is -0.137. The van der Waals surface area contributed by atoms with Crippen molar-refractivity contribution in [3.05, 3.63) is 66.1 Å². The van der Waals surface area contributed by atoms with Crippen LogP contribution < -0.4 is 10.2 Å². The molecule has 1 fully saturated rings. The van der Waals surface area contributed by atoms with Crippen LogP contribution >= 0.6 is 0 Å². The average Bonchev–Trinajstić information content (AvgIpc) is 2.83. The van der Waals surface area contributed by atoms with Gasteiger partial charge in [0.25, 0.3) is 0 Å². The summed E-state index contributed by atoms with van der Waals surface area (Å²) in [5.74, 6) is -0.189. The molecule has 1 saturated heterocycles. The number of ether oxygens (including phenoxy) is 2. The lowest BCUT2D eigenvalue weighted by Crippen LogP contribution is -2.37. The van der Waals surface area contributed by atoms with Crippen molar-refractivity contribution in [1.29, 1.82) is 0 Å². The van der Waals surface area contributed by atoms with E-state index < -0.39 is 11.8 Å². The van der Waals surface area contributed by atoms with Crippen LogP contribution in [0.25, 0.3) is 17.2 Å². The lowest BCUT2D eigenvalue weighted by atomic mass is 10.0. The van der Waals surface area contributed by atoms with E-state index in [4.69, 9.17) is 14.5 Å². The molecular weight excluding hydrogens is 439 g/mol. The van der Waals surface area contributed by atoms with Crippen LogP contribution in [0.2, 0.25) is 0 Å². The quantitative estimate of drug-likeness (QED) is 0.398. The van der Waals surface area contributed by atoms with Crippen LogP contribution in [-0.4, -0.2) is 54.0 Å². The van der Waals surface area contributed by atoms with Gasteiger partial charge >= 0.3 is 5.97 Å². The second-order valence-corrected chi connectivity index (χ2v) is 7.56. The van der Waals surface area contributed by atoms with Crippen molar-refractivity contribution < 1.29 is 23.8 Å². The minimum absolute atomic E-state index is 0.194. The van der Waals surface area contributed by atoms with E-state index in [9.17, 15) is 14.3 Å². The molecule has 0 atom stereocenters. The number of carbonyl (C=O) groups is 1. The van der Waals surface area contributed by atoms with Gasteiger partial charge in [-0.25, -0.2) is 14.2 Å². The van der Waals surface area contributed by atoms with Crippen molar-refractivity contribution in [3.8, 4) is 16.9 Å². The third-order valence-electron chi connectivity index (χ3n) is 5.11. The number of esters is 1. The Morgan fingerprint density at radius 2 is 2.09 bits per heavy atom. The van der Waals surface area contributed by atoms with Crippen molar-refractivity contribution in [2.45, 2.75) is 6.92 Å². The molecule has 0 saturated carbocycles. The van der Waals surface area contributed by atoms with Crippen molar-refractivity contribution in [2.24, 2.45) is 0 Å². The third kappa shape index (κ3) is 5.87. The third-order valence-corrected chi connectivity index (χ3v) is 5.11. The number of carbonyl (C=O) groups excluding carboxylic acids is 1. The number of aromatic hydroxyl groups is 1. The number of halogens is 1. The Morgan fingerprint density at radius 3 is 2.85 bits per heavy atom. The highest BCUT2D eigenvalue weighted by molar-refractivity contribution is 5.87. The van der Waals surface area contributed by atoms with Crippen LogP contribution in [0.3, 0.4) is 0 Å². The molecule has 0 unspecified atom stereocenters. The Balaban J connectivity index is 1.68. The van der Waals surface area contributed by atoms with E-state index in [1.807, 2.05) is 24.3 Å². The van der Waals surface area contributed by atoms with E-state index in [1.54, 1.807) is 19.2 Å². The summed E-state index contributed by atoms with van der Waals surface area (Å²) in [5.41, 5.74) is 2.85. The van der Waals surface area contributed by atoms with Gasteiger partial charge < -0.3 is 24.8 Å². The number of aromatic nitrogens is 2. The monoisotopic (exact) mass is 464 g/mol. The number of nitrogens with one attached hydrogen (secondary N) is 1. The van der Waals surface area contributed by atoms with Gasteiger partial charge in [0.05, 0.1) is 19.8 Å². The lowest BCUT2D eigenvalue weighted by Gasteiger charge is -2.29. The molecule has 0 amide bonds. The minimum Gasteiger partial charge on any atom is -0.508 e. The molecule has 34 heavy (non-hydrogen) atoms. The highest BCUT2D eigenvalue weighted by atomic mass is 19.1. The summed E-state index contributed by atoms with van der Waals surface area (Å²) in [5, 5.41) is 12.6. The molecule has 8 nitrogen and oxygen atoms in total. The van der Waals surface area contributed by atoms with Crippen LogP contribution in [-0.2, 0) is 14.3 Å². The van der Waals surface area contributed by atoms with Gasteiger partial charge in [-0.1, -0.05) is 18.2 Å². The zero-order valence-electron chi connectivity index (χ0n) is 18.7. The number of anilines is 3. The van der Waals surface area contributed by atoms with Crippen molar-refractivity contribution in [3.63, 3.8) is 0 Å². The topological polar surface area (TPSA) is 96.8 Å². The van der Waals surface area contributed by atoms with Gasteiger partial charge in [0, 0.05) is 48.7 Å². The molecule has 0 radical (unpaired) electrons. The fourth-order valence-corrected chi connectivity index (χ4v) is 3.59. The van der Waals surface area contributed by atoms with Gasteiger partial charge in [0.2, 0.25) is 5.95 Å². The van der Waals surface area contributed by atoms with Gasteiger partial charge in [-0.05, 0) is 36.3 Å². The normalized spacial score (nSPS) is 13.8. The van der Waals surface area contributed by atoms with Gasteiger partial charge in [0.15, 0.2) is 0 Å². The molecular formula is C25H25FN4O4. The molecule has 2 heterocycles.